The first-order valence-corrected chi connectivity index (χ1v) is 7.74. The van der Waals surface area contributed by atoms with Crippen LogP contribution in [0.15, 0.2) is 24.3 Å². The van der Waals surface area contributed by atoms with Crippen LogP contribution < -0.4 is 10.5 Å². The standard InChI is InChI=1S/C18H27NO/c1-16(2)10-17(3,4)12-18(11-16)9-14(19)13-7-5-6-8-15(13)20-18/h5-8,14H,9-12,19H2,1-4H3/t14-/m1/s1. The molecule has 1 aromatic rings. The van der Waals surface area contributed by atoms with E-state index in [1.54, 1.807) is 0 Å². The minimum Gasteiger partial charge on any atom is -0.487 e. The summed E-state index contributed by atoms with van der Waals surface area (Å²) in [6.07, 6.45) is 4.40. The molecular formula is C18H27NO. The molecule has 1 spiro atoms. The van der Waals surface area contributed by atoms with Gasteiger partial charge in [-0.15, -0.1) is 0 Å². The smallest absolute Gasteiger partial charge is 0.124 e. The molecule has 1 aromatic carbocycles. The quantitative estimate of drug-likeness (QED) is 0.758. The van der Waals surface area contributed by atoms with Crippen LogP contribution in [0.1, 0.15) is 65.0 Å². The minimum absolute atomic E-state index is 0.0843. The molecule has 3 rings (SSSR count). The maximum absolute atomic E-state index is 6.52. The second kappa shape index (κ2) is 4.24. The summed E-state index contributed by atoms with van der Waals surface area (Å²) in [7, 11) is 0. The van der Waals surface area contributed by atoms with Gasteiger partial charge in [-0.05, 0) is 36.2 Å². The first-order chi connectivity index (χ1) is 9.21. The molecule has 1 aliphatic carbocycles. The monoisotopic (exact) mass is 273 g/mol. The minimum atomic E-state index is -0.0843. The molecular weight excluding hydrogens is 246 g/mol. The molecule has 0 bridgehead atoms. The first kappa shape index (κ1) is 13.9. The van der Waals surface area contributed by atoms with E-state index < -0.39 is 0 Å². The van der Waals surface area contributed by atoms with Crippen LogP contribution in [0.25, 0.3) is 0 Å². The molecule has 2 heteroatoms. The molecule has 1 saturated carbocycles. The normalized spacial score (nSPS) is 29.6. The van der Waals surface area contributed by atoms with E-state index in [1.807, 2.05) is 6.07 Å². The van der Waals surface area contributed by atoms with Crippen LogP contribution in [0.4, 0.5) is 0 Å². The molecule has 0 aromatic heterocycles. The largest absolute Gasteiger partial charge is 0.487 e. The lowest BCUT2D eigenvalue weighted by Crippen LogP contribution is -2.52. The molecule has 2 N–H and O–H groups in total. The van der Waals surface area contributed by atoms with E-state index in [0.717, 1.165) is 25.0 Å². The maximum atomic E-state index is 6.52. The van der Waals surface area contributed by atoms with Crippen molar-refractivity contribution in [3.05, 3.63) is 29.8 Å². The van der Waals surface area contributed by atoms with E-state index in [0.29, 0.717) is 10.8 Å². The summed E-state index contributed by atoms with van der Waals surface area (Å²) in [5, 5.41) is 0. The zero-order valence-electron chi connectivity index (χ0n) is 13.2. The van der Waals surface area contributed by atoms with Gasteiger partial charge in [0.15, 0.2) is 0 Å². The summed E-state index contributed by atoms with van der Waals surface area (Å²) in [4.78, 5) is 0. The molecule has 1 heterocycles. The van der Waals surface area contributed by atoms with Crippen molar-refractivity contribution in [1.29, 1.82) is 0 Å². The van der Waals surface area contributed by atoms with Crippen LogP contribution in [0.3, 0.4) is 0 Å². The van der Waals surface area contributed by atoms with Crippen molar-refractivity contribution in [1.82, 2.24) is 0 Å². The second-order valence-electron chi connectivity index (χ2n) is 8.49. The van der Waals surface area contributed by atoms with Gasteiger partial charge < -0.3 is 10.5 Å². The fraction of sp³-hybridized carbons (Fsp3) is 0.667. The van der Waals surface area contributed by atoms with Gasteiger partial charge in [0.05, 0.1) is 0 Å². The van der Waals surface area contributed by atoms with E-state index in [-0.39, 0.29) is 11.6 Å². The Morgan fingerprint density at radius 1 is 1.00 bits per heavy atom. The molecule has 110 valence electrons. The van der Waals surface area contributed by atoms with Crippen molar-refractivity contribution in [3.63, 3.8) is 0 Å². The molecule has 0 amide bonds. The number of benzene rings is 1. The zero-order chi connectivity index (χ0) is 14.6. The molecule has 20 heavy (non-hydrogen) atoms. The Morgan fingerprint density at radius 2 is 1.60 bits per heavy atom. The van der Waals surface area contributed by atoms with Crippen molar-refractivity contribution >= 4 is 0 Å². The van der Waals surface area contributed by atoms with E-state index in [2.05, 4.69) is 45.9 Å². The average Bonchev–Trinajstić information content (AvgIpc) is 2.23. The number of hydrogen-bond donors (Lipinski definition) is 1. The second-order valence-corrected chi connectivity index (χ2v) is 8.49. The molecule has 0 unspecified atom stereocenters. The molecule has 2 aliphatic rings. The van der Waals surface area contributed by atoms with Gasteiger partial charge in [0, 0.05) is 18.0 Å². The Bertz CT molecular complexity index is 502. The van der Waals surface area contributed by atoms with Crippen LogP contribution in [0, 0.1) is 10.8 Å². The third-order valence-electron chi connectivity index (χ3n) is 4.80. The Balaban J connectivity index is 1.98. The van der Waals surface area contributed by atoms with E-state index in [4.69, 9.17) is 10.5 Å². The predicted molar refractivity (Wildman–Crippen MR) is 82.8 cm³/mol. The van der Waals surface area contributed by atoms with Crippen molar-refractivity contribution < 1.29 is 4.74 Å². The molecule has 1 atom stereocenters. The topological polar surface area (TPSA) is 35.2 Å². The zero-order valence-corrected chi connectivity index (χ0v) is 13.2. The third kappa shape index (κ3) is 2.46. The van der Waals surface area contributed by atoms with Gasteiger partial charge in [0.1, 0.15) is 11.4 Å². The van der Waals surface area contributed by atoms with Gasteiger partial charge in [-0.2, -0.15) is 0 Å². The Kier molecular flexibility index (Phi) is 2.95. The van der Waals surface area contributed by atoms with Gasteiger partial charge in [0.25, 0.3) is 0 Å². The van der Waals surface area contributed by atoms with Crippen LogP contribution in [-0.4, -0.2) is 5.60 Å². The number of ether oxygens (including phenoxy) is 1. The Morgan fingerprint density at radius 3 is 2.25 bits per heavy atom. The molecule has 1 aliphatic heterocycles. The average molecular weight is 273 g/mol. The summed E-state index contributed by atoms with van der Waals surface area (Å²) in [6, 6.07) is 8.37. The molecule has 0 saturated heterocycles. The van der Waals surface area contributed by atoms with Gasteiger partial charge >= 0.3 is 0 Å². The SMILES string of the molecule is CC1(C)CC(C)(C)CC2(C[C@@H](N)c3ccccc3O2)C1. The summed E-state index contributed by atoms with van der Waals surface area (Å²) >= 11 is 0. The summed E-state index contributed by atoms with van der Waals surface area (Å²) in [5.41, 5.74) is 8.16. The van der Waals surface area contributed by atoms with Crippen LogP contribution >= 0.6 is 0 Å². The fourth-order valence-corrected chi connectivity index (χ4v) is 5.11. The van der Waals surface area contributed by atoms with Crippen LogP contribution in [0.5, 0.6) is 5.75 Å². The van der Waals surface area contributed by atoms with Gasteiger partial charge in [-0.25, -0.2) is 0 Å². The number of fused-ring (bicyclic) bond motifs is 1. The first-order valence-electron chi connectivity index (χ1n) is 7.74. The highest BCUT2D eigenvalue weighted by atomic mass is 16.5. The number of hydrogen-bond acceptors (Lipinski definition) is 2. The summed E-state index contributed by atoms with van der Waals surface area (Å²) in [5.74, 6) is 1.000. The van der Waals surface area contributed by atoms with Crippen molar-refractivity contribution in [3.8, 4) is 5.75 Å². The number of nitrogens with two attached hydrogens (primary N) is 1. The lowest BCUT2D eigenvalue weighted by atomic mass is 9.58. The number of rotatable bonds is 0. The van der Waals surface area contributed by atoms with Crippen molar-refractivity contribution in [2.75, 3.05) is 0 Å². The van der Waals surface area contributed by atoms with E-state index >= 15 is 0 Å². The summed E-state index contributed by atoms with van der Waals surface area (Å²) in [6.45, 7) is 9.46. The van der Waals surface area contributed by atoms with Gasteiger partial charge in [0.2, 0.25) is 0 Å². The molecule has 1 fully saturated rings. The predicted octanol–water partition coefficient (Wildman–Crippen LogP) is 4.44. The van der Waals surface area contributed by atoms with Crippen LogP contribution in [0.2, 0.25) is 0 Å². The third-order valence-corrected chi connectivity index (χ3v) is 4.80. The Labute approximate surface area is 122 Å². The summed E-state index contributed by atoms with van der Waals surface area (Å²) < 4.78 is 6.52. The van der Waals surface area contributed by atoms with Crippen molar-refractivity contribution in [2.24, 2.45) is 16.6 Å². The highest BCUT2D eigenvalue weighted by Crippen LogP contribution is 2.55. The van der Waals surface area contributed by atoms with E-state index in [1.165, 1.54) is 12.0 Å². The lowest BCUT2D eigenvalue weighted by Gasteiger charge is -2.54. The molecule has 0 radical (unpaired) electrons. The fourth-order valence-electron chi connectivity index (χ4n) is 5.11. The highest BCUT2D eigenvalue weighted by molar-refractivity contribution is 5.39. The number of para-hydroxylation sites is 1. The Hall–Kier alpha value is -1.02. The lowest BCUT2D eigenvalue weighted by molar-refractivity contribution is -0.0839. The van der Waals surface area contributed by atoms with E-state index in [9.17, 15) is 0 Å². The maximum Gasteiger partial charge on any atom is 0.124 e. The highest BCUT2D eigenvalue weighted by Gasteiger charge is 2.51. The van der Waals surface area contributed by atoms with Crippen LogP contribution in [-0.2, 0) is 0 Å². The van der Waals surface area contributed by atoms with Gasteiger partial charge in [-0.1, -0.05) is 45.9 Å². The molecule has 2 nitrogen and oxygen atoms in total. The van der Waals surface area contributed by atoms with Gasteiger partial charge in [-0.3, -0.25) is 0 Å². The van der Waals surface area contributed by atoms with Crippen molar-refractivity contribution in [2.45, 2.75) is 65.0 Å².